The topological polar surface area (TPSA) is 50.8 Å². The Kier molecular flexibility index (Phi) is 5.39. The molecular weight excluding hydrogens is 324 g/mol. The molecule has 110 valence electrons. The van der Waals surface area contributed by atoms with Gasteiger partial charge in [-0.3, -0.25) is 9.69 Å². The number of nitrogens with one attached hydrogen (secondary N) is 1. The maximum Gasteiger partial charge on any atom is 0.180 e. The Hall–Kier alpha value is -1.11. The van der Waals surface area contributed by atoms with Crippen LogP contribution in [0, 0.1) is 0 Å². The van der Waals surface area contributed by atoms with Crippen LogP contribution in [0.3, 0.4) is 0 Å². The van der Waals surface area contributed by atoms with E-state index in [1.165, 1.54) is 0 Å². The van der Waals surface area contributed by atoms with Crippen molar-refractivity contribution in [1.29, 1.82) is 0 Å². The van der Waals surface area contributed by atoms with Gasteiger partial charge in [-0.2, -0.15) is 0 Å². The summed E-state index contributed by atoms with van der Waals surface area (Å²) in [4.78, 5) is 14.6. The largest absolute Gasteiger partial charge is 0.496 e. The second-order valence-electron chi connectivity index (χ2n) is 4.64. The number of hydrogen-bond acceptors (Lipinski definition) is 5. The number of methoxy groups -OCH3 is 2. The molecule has 1 aromatic carbocycles. The number of hydrogen-bond donors (Lipinski definition) is 1. The van der Waals surface area contributed by atoms with E-state index in [0.29, 0.717) is 23.6 Å². The van der Waals surface area contributed by atoms with Crippen LogP contribution in [0.15, 0.2) is 16.6 Å². The van der Waals surface area contributed by atoms with Gasteiger partial charge in [-0.1, -0.05) is 0 Å². The van der Waals surface area contributed by atoms with E-state index in [9.17, 15) is 4.79 Å². The van der Waals surface area contributed by atoms with Crippen molar-refractivity contribution in [2.75, 3.05) is 46.9 Å². The molecule has 5 nitrogen and oxygen atoms in total. The zero-order chi connectivity index (χ0) is 14.5. The van der Waals surface area contributed by atoms with Gasteiger partial charge >= 0.3 is 0 Å². The fraction of sp³-hybridized carbons (Fsp3) is 0.500. The first-order valence-electron chi connectivity index (χ1n) is 6.53. The Morgan fingerprint density at radius 3 is 2.50 bits per heavy atom. The maximum absolute atomic E-state index is 12.5. The highest BCUT2D eigenvalue weighted by molar-refractivity contribution is 9.10. The van der Waals surface area contributed by atoms with Crippen LogP contribution >= 0.6 is 15.9 Å². The lowest BCUT2D eigenvalue weighted by atomic mass is 10.1. The molecule has 1 fully saturated rings. The van der Waals surface area contributed by atoms with Crippen molar-refractivity contribution in [2.24, 2.45) is 0 Å². The molecule has 0 saturated carbocycles. The van der Waals surface area contributed by atoms with E-state index in [0.717, 1.165) is 30.7 Å². The molecular formula is C14H19BrN2O3. The monoisotopic (exact) mass is 342 g/mol. The quantitative estimate of drug-likeness (QED) is 0.823. The number of piperazine rings is 1. The second-order valence-corrected chi connectivity index (χ2v) is 5.49. The Morgan fingerprint density at radius 2 is 1.90 bits per heavy atom. The Bertz CT molecular complexity index is 488. The van der Waals surface area contributed by atoms with E-state index in [1.807, 2.05) is 0 Å². The maximum atomic E-state index is 12.5. The summed E-state index contributed by atoms with van der Waals surface area (Å²) >= 11 is 3.39. The van der Waals surface area contributed by atoms with Crippen molar-refractivity contribution in [3.8, 4) is 11.5 Å². The van der Waals surface area contributed by atoms with Crippen molar-refractivity contribution < 1.29 is 14.3 Å². The van der Waals surface area contributed by atoms with E-state index in [2.05, 4.69) is 26.1 Å². The summed E-state index contributed by atoms with van der Waals surface area (Å²) in [6.07, 6.45) is 0. The summed E-state index contributed by atoms with van der Waals surface area (Å²) in [5, 5.41) is 3.27. The van der Waals surface area contributed by atoms with Crippen molar-refractivity contribution in [2.45, 2.75) is 0 Å². The number of rotatable bonds is 5. The Morgan fingerprint density at radius 1 is 1.25 bits per heavy atom. The fourth-order valence-electron chi connectivity index (χ4n) is 2.24. The van der Waals surface area contributed by atoms with Gasteiger partial charge in [0.1, 0.15) is 11.5 Å². The molecule has 0 radical (unpaired) electrons. The summed E-state index contributed by atoms with van der Waals surface area (Å²) in [6, 6.07) is 3.50. The lowest BCUT2D eigenvalue weighted by Gasteiger charge is -2.26. The van der Waals surface area contributed by atoms with Crippen molar-refractivity contribution in [3.63, 3.8) is 0 Å². The fourth-order valence-corrected chi connectivity index (χ4v) is 2.72. The van der Waals surface area contributed by atoms with Gasteiger partial charge in [-0.05, 0) is 28.1 Å². The standard InChI is InChI=1S/C14H19BrN2O3/c1-19-13-8-11(15)14(20-2)7-10(13)12(18)9-17-5-3-16-4-6-17/h7-8,16H,3-6,9H2,1-2H3. The molecule has 1 aromatic rings. The highest BCUT2D eigenvalue weighted by Gasteiger charge is 2.19. The summed E-state index contributed by atoms with van der Waals surface area (Å²) < 4.78 is 11.3. The van der Waals surface area contributed by atoms with Gasteiger partial charge in [0, 0.05) is 26.2 Å². The van der Waals surface area contributed by atoms with E-state index >= 15 is 0 Å². The highest BCUT2D eigenvalue weighted by atomic mass is 79.9. The first-order valence-corrected chi connectivity index (χ1v) is 7.32. The minimum atomic E-state index is 0.0505. The molecule has 0 atom stereocenters. The molecule has 0 bridgehead atoms. The average Bonchev–Trinajstić information content (AvgIpc) is 2.47. The minimum Gasteiger partial charge on any atom is -0.496 e. The Labute approximate surface area is 127 Å². The third-order valence-electron chi connectivity index (χ3n) is 3.35. The summed E-state index contributed by atoms with van der Waals surface area (Å²) in [5.74, 6) is 1.25. The van der Waals surface area contributed by atoms with Crippen LogP contribution in [-0.2, 0) is 0 Å². The number of ether oxygens (including phenoxy) is 2. The van der Waals surface area contributed by atoms with Crippen molar-refractivity contribution in [1.82, 2.24) is 10.2 Å². The van der Waals surface area contributed by atoms with Crippen molar-refractivity contribution >= 4 is 21.7 Å². The first kappa shape index (κ1) is 15.3. The van der Waals surface area contributed by atoms with E-state index < -0.39 is 0 Å². The average molecular weight is 343 g/mol. The van der Waals surface area contributed by atoms with Gasteiger partial charge in [-0.25, -0.2) is 0 Å². The van der Waals surface area contributed by atoms with Crippen LogP contribution in [0.1, 0.15) is 10.4 Å². The summed E-state index contributed by atoms with van der Waals surface area (Å²) in [7, 11) is 3.15. The van der Waals surface area contributed by atoms with Crippen molar-refractivity contribution in [3.05, 3.63) is 22.2 Å². The van der Waals surface area contributed by atoms with Gasteiger partial charge in [0.25, 0.3) is 0 Å². The number of carbonyl (C=O) groups is 1. The van der Waals surface area contributed by atoms with E-state index in [1.54, 1.807) is 26.4 Å². The second kappa shape index (κ2) is 7.06. The number of Topliss-reactive ketones (excluding diaryl/α,β-unsaturated/α-hetero) is 1. The molecule has 2 rings (SSSR count). The molecule has 1 aliphatic rings. The van der Waals surface area contributed by atoms with Gasteiger partial charge in [0.05, 0.1) is 30.8 Å². The molecule has 1 aliphatic heterocycles. The van der Waals surface area contributed by atoms with Crippen LogP contribution in [0.4, 0.5) is 0 Å². The van der Waals surface area contributed by atoms with Gasteiger partial charge in [-0.15, -0.1) is 0 Å². The third kappa shape index (κ3) is 3.50. The first-order chi connectivity index (χ1) is 9.65. The van der Waals surface area contributed by atoms with Gasteiger partial charge in [0.15, 0.2) is 5.78 Å². The molecule has 6 heteroatoms. The molecule has 0 aliphatic carbocycles. The molecule has 1 heterocycles. The molecule has 1 N–H and O–H groups in total. The molecule has 0 amide bonds. The minimum absolute atomic E-state index is 0.0505. The predicted octanol–water partition coefficient (Wildman–Crippen LogP) is 1.55. The van der Waals surface area contributed by atoms with Crippen LogP contribution in [0.25, 0.3) is 0 Å². The highest BCUT2D eigenvalue weighted by Crippen LogP contribution is 2.33. The van der Waals surface area contributed by atoms with Gasteiger partial charge in [0.2, 0.25) is 0 Å². The number of ketones is 1. The number of carbonyl (C=O) groups excluding carboxylic acids is 1. The van der Waals surface area contributed by atoms with Crippen LogP contribution in [0.2, 0.25) is 0 Å². The third-order valence-corrected chi connectivity index (χ3v) is 3.97. The zero-order valence-electron chi connectivity index (χ0n) is 11.7. The zero-order valence-corrected chi connectivity index (χ0v) is 13.3. The molecule has 0 aromatic heterocycles. The summed E-state index contributed by atoms with van der Waals surface area (Å²) in [6.45, 7) is 4.04. The van der Waals surface area contributed by atoms with E-state index in [-0.39, 0.29) is 5.78 Å². The molecule has 20 heavy (non-hydrogen) atoms. The lowest BCUT2D eigenvalue weighted by Crippen LogP contribution is -2.45. The molecule has 0 spiro atoms. The smallest absolute Gasteiger partial charge is 0.180 e. The Balaban J connectivity index is 2.19. The molecule has 0 unspecified atom stereocenters. The van der Waals surface area contributed by atoms with Crippen LogP contribution in [-0.4, -0.2) is 57.6 Å². The predicted molar refractivity (Wildman–Crippen MR) is 80.9 cm³/mol. The number of nitrogens with zero attached hydrogens (tertiary/aromatic N) is 1. The number of benzene rings is 1. The lowest BCUT2D eigenvalue weighted by molar-refractivity contribution is 0.0918. The molecule has 1 saturated heterocycles. The number of halogens is 1. The van der Waals surface area contributed by atoms with Crippen LogP contribution in [0.5, 0.6) is 11.5 Å². The summed E-state index contributed by atoms with van der Waals surface area (Å²) in [5.41, 5.74) is 0.561. The van der Waals surface area contributed by atoms with Gasteiger partial charge < -0.3 is 14.8 Å². The SMILES string of the molecule is COc1cc(C(=O)CN2CCNCC2)c(OC)cc1Br. The normalized spacial score (nSPS) is 15.9. The van der Waals surface area contributed by atoms with E-state index in [4.69, 9.17) is 9.47 Å². The van der Waals surface area contributed by atoms with Crippen LogP contribution < -0.4 is 14.8 Å².